The van der Waals surface area contributed by atoms with Crippen LogP contribution in [0.3, 0.4) is 0 Å². The van der Waals surface area contributed by atoms with E-state index in [9.17, 15) is 5.11 Å². The third kappa shape index (κ3) is 3.78. The van der Waals surface area contributed by atoms with Crippen LogP contribution in [0.4, 0.5) is 0 Å². The fraction of sp³-hybridized carbons (Fsp3) is 0.625. The van der Waals surface area contributed by atoms with Crippen molar-refractivity contribution in [2.45, 2.75) is 44.2 Å². The first-order valence-electron chi connectivity index (χ1n) is 7.26. The molecule has 0 amide bonds. The molecular weight excluding hydrogens is 238 g/mol. The van der Waals surface area contributed by atoms with Crippen LogP contribution in [0, 0.1) is 0 Å². The van der Waals surface area contributed by atoms with E-state index < -0.39 is 5.60 Å². The Morgan fingerprint density at radius 2 is 1.95 bits per heavy atom. The Morgan fingerprint density at radius 3 is 2.47 bits per heavy atom. The number of nitrogens with zero attached hydrogens (tertiary/aromatic N) is 1. The molecule has 3 nitrogen and oxygen atoms in total. The summed E-state index contributed by atoms with van der Waals surface area (Å²) < 4.78 is 0. The second-order valence-corrected chi connectivity index (χ2v) is 5.77. The molecule has 1 aromatic rings. The molecule has 0 aliphatic heterocycles. The third-order valence-corrected chi connectivity index (χ3v) is 4.10. The van der Waals surface area contributed by atoms with Gasteiger partial charge in [0.15, 0.2) is 0 Å². The Bertz CT molecular complexity index is 374. The van der Waals surface area contributed by atoms with E-state index in [4.69, 9.17) is 5.11 Å². The zero-order valence-electron chi connectivity index (χ0n) is 11.8. The highest BCUT2D eigenvalue weighted by Crippen LogP contribution is 2.29. The first-order valence-corrected chi connectivity index (χ1v) is 7.26. The fourth-order valence-electron chi connectivity index (χ4n) is 2.70. The van der Waals surface area contributed by atoms with Gasteiger partial charge in [0.2, 0.25) is 0 Å². The van der Waals surface area contributed by atoms with Crippen molar-refractivity contribution in [2.75, 3.05) is 19.7 Å². The summed E-state index contributed by atoms with van der Waals surface area (Å²) in [5.74, 6) is 0. The molecule has 1 fully saturated rings. The maximum absolute atomic E-state index is 10.7. The molecular formula is C16H25NO2. The number of hydrogen-bond donors (Lipinski definition) is 2. The van der Waals surface area contributed by atoms with E-state index in [-0.39, 0.29) is 6.61 Å². The van der Waals surface area contributed by atoms with Crippen LogP contribution in [-0.4, -0.2) is 40.9 Å². The van der Waals surface area contributed by atoms with Gasteiger partial charge in [-0.2, -0.15) is 0 Å². The van der Waals surface area contributed by atoms with Crippen molar-refractivity contribution in [3.8, 4) is 0 Å². The molecule has 0 aromatic heterocycles. The van der Waals surface area contributed by atoms with Gasteiger partial charge in [-0.15, -0.1) is 0 Å². The van der Waals surface area contributed by atoms with E-state index in [2.05, 4.69) is 4.90 Å². The topological polar surface area (TPSA) is 43.7 Å². The van der Waals surface area contributed by atoms with Crippen LogP contribution in [0.1, 0.15) is 38.2 Å². The number of aliphatic hydroxyl groups is 2. The van der Waals surface area contributed by atoms with E-state index in [0.29, 0.717) is 12.6 Å². The average molecular weight is 263 g/mol. The summed E-state index contributed by atoms with van der Waals surface area (Å²) in [7, 11) is 0. The minimum Gasteiger partial charge on any atom is -0.396 e. The summed E-state index contributed by atoms with van der Waals surface area (Å²) in [5.41, 5.74) is 0.134. The quantitative estimate of drug-likeness (QED) is 0.792. The zero-order chi connectivity index (χ0) is 13.7. The van der Waals surface area contributed by atoms with Crippen molar-refractivity contribution in [1.82, 2.24) is 4.90 Å². The highest BCUT2D eigenvalue weighted by atomic mass is 16.3. The lowest BCUT2D eigenvalue weighted by Crippen LogP contribution is -2.47. The van der Waals surface area contributed by atoms with Gasteiger partial charge < -0.3 is 10.2 Å². The highest BCUT2D eigenvalue weighted by Gasteiger charge is 2.31. The summed E-state index contributed by atoms with van der Waals surface area (Å²) in [4.78, 5) is 2.34. The minimum absolute atomic E-state index is 0.219. The number of aliphatic hydroxyl groups excluding tert-OH is 1. The Labute approximate surface area is 115 Å². The van der Waals surface area contributed by atoms with Crippen molar-refractivity contribution in [1.29, 1.82) is 0 Å². The molecule has 1 aliphatic rings. The SMILES string of the molecule is CC(O)(CN(CCCO)C1CCC1)c1ccccc1. The normalized spacial score (nSPS) is 19.2. The van der Waals surface area contributed by atoms with Gasteiger partial charge in [0.05, 0.1) is 5.60 Å². The molecule has 19 heavy (non-hydrogen) atoms. The highest BCUT2D eigenvalue weighted by molar-refractivity contribution is 5.21. The molecule has 2 N–H and O–H groups in total. The van der Waals surface area contributed by atoms with Gasteiger partial charge >= 0.3 is 0 Å². The predicted molar refractivity (Wildman–Crippen MR) is 76.9 cm³/mol. The largest absolute Gasteiger partial charge is 0.396 e. The van der Waals surface area contributed by atoms with Gasteiger partial charge in [0.1, 0.15) is 0 Å². The van der Waals surface area contributed by atoms with Crippen molar-refractivity contribution >= 4 is 0 Å². The van der Waals surface area contributed by atoms with Crippen molar-refractivity contribution in [3.63, 3.8) is 0 Å². The van der Waals surface area contributed by atoms with Crippen molar-refractivity contribution in [2.24, 2.45) is 0 Å². The van der Waals surface area contributed by atoms with Gasteiger partial charge in [-0.05, 0) is 31.7 Å². The predicted octanol–water partition coefficient (Wildman–Crippen LogP) is 2.13. The van der Waals surface area contributed by atoms with Gasteiger partial charge in [-0.3, -0.25) is 4.90 Å². The smallest absolute Gasteiger partial charge is 0.0994 e. The Balaban J connectivity index is 2.02. The van der Waals surface area contributed by atoms with Crippen LogP contribution < -0.4 is 0 Å². The molecule has 0 bridgehead atoms. The Morgan fingerprint density at radius 1 is 1.26 bits per heavy atom. The van der Waals surface area contributed by atoms with Crippen LogP contribution >= 0.6 is 0 Å². The fourth-order valence-corrected chi connectivity index (χ4v) is 2.70. The summed E-state index contributed by atoms with van der Waals surface area (Å²) >= 11 is 0. The second-order valence-electron chi connectivity index (χ2n) is 5.77. The van der Waals surface area contributed by atoms with Crippen molar-refractivity contribution < 1.29 is 10.2 Å². The van der Waals surface area contributed by atoms with Crippen LogP contribution in [0.2, 0.25) is 0 Å². The number of hydrogen-bond acceptors (Lipinski definition) is 3. The molecule has 1 saturated carbocycles. The van der Waals surface area contributed by atoms with Crippen LogP contribution in [0.15, 0.2) is 30.3 Å². The summed E-state index contributed by atoms with van der Waals surface area (Å²) in [5, 5.41) is 19.7. The lowest BCUT2D eigenvalue weighted by Gasteiger charge is -2.41. The maximum Gasteiger partial charge on any atom is 0.0994 e. The van der Waals surface area contributed by atoms with Gasteiger partial charge in [0, 0.05) is 25.7 Å². The zero-order valence-corrected chi connectivity index (χ0v) is 11.8. The van der Waals surface area contributed by atoms with Gasteiger partial charge in [0.25, 0.3) is 0 Å². The molecule has 1 atom stereocenters. The standard InChI is InChI=1S/C16H25NO2/c1-16(19,14-7-3-2-4-8-14)13-17(11-6-12-18)15-9-5-10-15/h2-4,7-8,15,18-19H,5-6,9-13H2,1H3. The summed E-state index contributed by atoms with van der Waals surface area (Å²) in [6.07, 6.45) is 4.50. The lowest BCUT2D eigenvalue weighted by molar-refractivity contribution is -0.0131. The molecule has 106 valence electrons. The lowest BCUT2D eigenvalue weighted by atomic mass is 9.88. The van der Waals surface area contributed by atoms with E-state index in [0.717, 1.165) is 18.5 Å². The molecule has 1 unspecified atom stereocenters. The van der Waals surface area contributed by atoms with Crippen LogP contribution in [0.25, 0.3) is 0 Å². The van der Waals surface area contributed by atoms with E-state index in [1.165, 1.54) is 19.3 Å². The maximum atomic E-state index is 10.7. The Kier molecular flexibility index (Phi) is 4.97. The van der Waals surface area contributed by atoms with E-state index in [1.807, 2.05) is 37.3 Å². The van der Waals surface area contributed by atoms with Crippen LogP contribution in [0.5, 0.6) is 0 Å². The third-order valence-electron chi connectivity index (χ3n) is 4.10. The second kappa shape index (κ2) is 6.51. The molecule has 1 aromatic carbocycles. The molecule has 0 spiro atoms. The number of rotatable bonds is 7. The van der Waals surface area contributed by atoms with E-state index >= 15 is 0 Å². The molecule has 2 rings (SSSR count). The first kappa shape index (κ1) is 14.5. The average Bonchev–Trinajstić information content (AvgIpc) is 2.34. The molecule has 0 heterocycles. The van der Waals surface area contributed by atoms with Gasteiger partial charge in [-0.25, -0.2) is 0 Å². The molecule has 0 radical (unpaired) electrons. The minimum atomic E-state index is -0.827. The molecule has 1 aliphatic carbocycles. The summed E-state index contributed by atoms with van der Waals surface area (Å²) in [6, 6.07) is 10.4. The molecule has 0 saturated heterocycles. The van der Waals surface area contributed by atoms with Crippen molar-refractivity contribution in [3.05, 3.63) is 35.9 Å². The number of benzene rings is 1. The van der Waals surface area contributed by atoms with Crippen LogP contribution in [-0.2, 0) is 5.60 Å². The summed E-state index contributed by atoms with van der Waals surface area (Å²) in [6.45, 7) is 3.61. The Hall–Kier alpha value is -0.900. The molecule has 3 heteroatoms. The monoisotopic (exact) mass is 263 g/mol. The van der Waals surface area contributed by atoms with Gasteiger partial charge in [-0.1, -0.05) is 36.8 Å². The first-order chi connectivity index (χ1) is 9.13. The van der Waals surface area contributed by atoms with E-state index in [1.54, 1.807) is 0 Å².